The van der Waals surface area contributed by atoms with E-state index in [-0.39, 0.29) is 11.3 Å². The van der Waals surface area contributed by atoms with Crippen LogP contribution in [0.3, 0.4) is 0 Å². The molecule has 3 aromatic rings. The number of aryl methyl sites for hydroxylation is 1. The Hall–Kier alpha value is -3.35. The molecule has 1 aromatic heterocycles. The predicted octanol–water partition coefficient (Wildman–Crippen LogP) is 4.15. The molecule has 0 saturated carbocycles. The van der Waals surface area contributed by atoms with Gasteiger partial charge in [0.15, 0.2) is 0 Å². The molecule has 7 heteroatoms. The fourth-order valence-electron chi connectivity index (χ4n) is 2.74. The molecule has 0 aliphatic heterocycles. The van der Waals surface area contributed by atoms with E-state index in [9.17, 15) is 19.3 Å². The van der Waals surface area contributed by atoms with Crippen LogP contribution >= 0.6 is 0 Å². The van der Waals surface area contributed by atoms with Gasteiger partial charge in [-0.1, -0.05) is 12.1 Å². The van der Waals surface area contributed by atoms with Crippen molar-refractivity contribution < 1.29 is 14.1 Å². The Kier molecular flexibility index (Phi) is 4.14. The smallest absolute Gasteiger partial charge is 0.274 e. The standard InChI is InChI=1S/C18H14FN3O3/c1-10-5-6-15(22(24)25)11(2)16(10)21-18(23)14-9-13(19)8-12-4-3-7-20-17(12)14/h3-9H,1-2H3,(H,21,23). The topological polar surface area (TPSA) is 85.1 Å². The molecule has 25 heavy (non-hydrogen) atoms. The number of nitrogens with one attached hydrogen (secondary N) is 1. The van der Waals surface area contributed by atoms with Crippen molar-refractivity contribution in [3.05, 3.63) is 75.2 Å². The van der Waals surface area contributed by atoms with Crippen LogP contribution in [0.15, 0.2) is 42.6 Å². The molecule has 3 rings (SSSR count). The Morgan fingerprint density at radius 3 is 2.72 bits per heavy atom. The number of pyridine rings is 1. The summed E-state index contributed by atoms with van der Waals surface area (Å²) in [5.41, 5.74) is 1.69. The quantitative estimate of drug-likeness (QED) is 0.574. The Bertz CT molecular complexity index is 1020. The molecule has 0 fully saturated rings. The molecule has 1 N–H and O–H groups in total. The normalized spacial score (nSPS) is 10.7. The summed E-state index contributed by atoms with van der Waals surface area (Å²) < 4.78 is 13.8. The molecule has 126 valence electrons. The minimum Gasteiger partial charge on any atom is -0.321 e. The highest BCUT2D eigenvalue weighted by atomic mass is 19.1. The SMILES string of the molecule is Cc1ccc([N+](=O)[O-])c(C)c1NC(=O)c1cc(F)cc2cccnc12. The lowest BCUT2D eigenvalue weighted by molar-refractivity contribution is -0.385. The van der Waals surface area contributed by atoms with Gasteiger partial charge in [-0.2, -0.15) is 0 Å². The molecule has 0 atom stereocenters. The monoisotopic (exact) mass is 339 g/mol. The van der Waals surface area contributed by atoms with Gasteiger partial charge in [-0.25, -0.2) is 4.39 Å². The average Bonchev–Trinajstić information content (AvgIpc) is 2.57. The van der Waals surface area contributed by atoms with Crippen molar-refractivity contribution in [2.24, 2.45) is 0 Å². The molecule has 0 aliphatic rings. The number of nitrogens with zero attached hydrogens (tertiary/aromatic N) is 2. The number of nitro benzene ring substituents is 1. The molecule has 0 bridgehead atoms. The first-order chi connectivity index (χ1) is 11.9. The highest BCUT2D eigenvalue weighted by molar-refractivity contribution is 6.12. The Balaban J connectivity index is 2.07. The number of amides is 1. The Labute approximate surface area is 142 Å². The van der Waals surface area contributed by atoms with Gasteiger partial charge in [0.2, 0.25) is 0 Å². The van der Waals surface area contributed by atoms with E-state index in [2.05, 4.69) is 10.3 Å². The van der Waals surface area contributed by atoms with E-state index in [0.717, 1.165) is 6.07 Å². The number of hydrogen-bond acceptors (Lipinski definition) is 4. The largest absolute Gasteiger partial charge is 0.321 e. The van der Waals surface area contributed by atoms with E-state index in [1.165, 1.54) is 18.3 Å². The van der Waals surface area contributed by atoms with Crippen LogP contribution in [0.2, 0.25) is 0 Å². The van der Waals surface area contributed by atoms with Gasteiger partial charge in [-0.15, -0.1) is 0 Å². The van der Waals surface area contributed by atoms with Crippen LogP contribution in [0, 0.1) is 29.8 Å². The molecule has 1 amide bonds. The van der Waals surface area contributed by atoms with Gasteiger partial charge >= 0.3 is 0 Å². The molecule has 0 saturated heterocycles. The summed E-state index contributed by atoms with van der Waals surface area (Å²) in [7, 11) is 0. The number of anilines is 1. The molecule has 2 aromatic carbocycles. The van der Waals surface area contributed by atoms with Crippen LogP contribution in [0.4, 0.5) is 15.8 Å². The minimum atomic E-state index is -0.574. The first kappa shape index (κ1) is 16.5. The maximum atomic E-state index is 13.8. The van der Waals surface area contributed by atoms with Crippen molar-refractivity contribution in [3.63, 3.8) is 0 Å². The van der Waals surface area contributed by atoms with E-state index in [1.54, 1.807) is 32.0 Å². The van der Waals surface area contributed by atoms with Crippen LogP contribution in [0.1, 0.15) is 21.5 Å². The van der Waals surface area contributed by atoms with Crippen molar-refractivity contribution in [2.75, 3.05) is 5.32 Å². The lowest BCUT2D eigenvalue weighted by Gasteiger charge is -2.13. The summed E-state index contributed by atoms with van der Waals surface area (Å²) in [6.07, 6.45) is 1.51. The lowest BCUT2D eigenvalue weighted by atomic mass is 10.1. The fraction of sp³-hybridized carbons (Fsp3) is 0.111. The van der Waals surface area contributed by atoms with E-state index < -0.39 is 16.6 Å². The average molecular weight is 339 g/mol. The first-order valence-electron chi connectivity index (χ1n) is 7.48. The number of fused-ring (bicyclic) bond motifs is 1. The number of aromatic nitrogens is 1. The van der Waals surface area contributed by atoms with Crippen molar-refractivity contribution in [2.45, 2.75) is 13.8 Å². The third-order valence-corrected chi connectivity index (χ3v) is 3.99. The molecular weight excluding hydrogens is 325 g/mol. The molecule has 0 radical (unpaired) electrons. The molecule has 0 aliphatic carbocycles. The lowest BCUT2D eigenvalue weighted by Crippen LogP contribution is -2.15. The summed E-state index contributed by atoms with van der Waals surface area (Å²) in [5.74, 6) is -1.13. The Morgan fingerprint density at radius 2 is 2.00 bits per heavy atom. The van der Waals surface area contributed by atoms with Crippen LogP contribution in [-0.2, 0) is 0 Å². The number of nitro groups is 1. The van der Waals surface area contributed by atoms with Gasteiger partial charge in [-0.05, 0) is 37.6 Å². The van der Waals surface area contributed by atoms with Crippen molar-refractivity contribution in [1.29, 1.82) is 0 Å². The molecule has 0 spiro atoms. The number of hydrogen-bond donors (Lipinski definition) is 1. The molecular formula is C18H14FN3O3. The number of carbonyl (C=O) groups excluding carboxylic acids is 1. The summed E-state index contributed by atoms with van der Waals surface area (Å²) in [5, 5.41) is 14.3. The van der Waals surface area contributed by atoms with Gasteiger partial charge < -0.3 is 5.32 Å². The van der Waals surface area contributed by atoms with Crippen LogP contribution in [0.5, 0.6) is 0 Å². The first-order valence-corrected chi connectivity index (χ1v) is 7.48. The maximum absolute atomic E-state index is 13.8. The third kappa shape index (κ3) is 3.03. The number of rotatable bonds is 3. The fourth-order valence-corrected chi connectivity index (χ4v) is 2.74. The van der Waals surface area contributed by atoms with Crippen LogP contribution in [0.25, 0.3) is 10.9 Å². The van der Waals surface area contributed by atoms with E-state index >= 15 is 0 Å². The number of benzene rings is 2. The minimum absolute atomic E-state index is 0.0703. The van der Waals surface area contributed by atoms with Crippen molar-refractivity contribution >= 4 is 28.2 Å². The zero-order chi connectivity index (χ0) is 18.1. The highest BCUT2D eigenvalue weighted by Crippen LogP contribution is 2.29. The maximum Gasteiger partial charge on any atom is 0.274 e. The van der Waals surface area contributed by atoms with Crippen LogP contribution in [-0.4, -0.2) is 15.8 Å². The molecule has 0 unspecified atom stereocenters. The van der Waals surface area contributed by atoms with Gasteiger partial charge in [0.05, 0.1) is 27.3 Å². The van der Waals surface area contributed by atoms with Gasteiger partial charge in [0.1, 0.15) is 5.82 Å². The van der Waals surface area contributed by atoms with E-state index in [1.807, 2.05) is 0 Å². The second-order valence-electron chi connectivity index (χ2n) is 5.64. The van der Waals surface area contributed by atoms with Crippen LogP contribution < -0.4 is 5.32 Å². The summed E-state index contributed by atoms with van der Waals surface area (Å²) >= 11 is 0. The Morgan fingerprint density at radius 1 is 1.24 bits per heavy atom. The molecule has 1 heterocycles. The van der Waals surface area contributed by atoms with Crippen molar-refractivity contribution in [3.8, 4) is 0 Å². The van der Waals surface area contributed by atoms with E-state index in [4.69, 9.17) is 0 Å². The number of halogens is 1. The van der Waals surface area contributed by atoms with Gasteiger partial charge in [0.25, 0.3) is 11.6 Å². The zero-order valence-electron chi connectivity index (χ0n) is 13.5. The van der Waals surface area contributed by atoms with Gasteiger partial charge in [0, 0.05) is 17.6 Å². The summed E-state index contributed by atoms with van der Waals surface area (Å²) in [6, 6.07) is 8.65. The zero-order valence-corrected chi connectivity index (χ0v) is 13.5. The summed E-state index contributed by atoms with van der Waals surface area (Å²) in [4.78, 5) is 27.4. The highest BCUT2D eigenvalue weighted by Gasteiger charge is 2.19. The van der Waals surface area contributed by atoms with Gasteiger partial charge in [-0.3, -0.25) is 19.9 Å². The second kappa shape index (κ2) is 6.27. The van der Waals surface area contributed by atoms with Crippen molar-refractivity contribution in [1.82, 2.24) is 4.98 Å². The summed E-state index contributed by atoms with van der Waals surface area (Å²) in [6.45, 7) is 3.29. The number of carbonyl (C=O) groups is 1. The predicted molar refractivity (Wildman–Crippen MR) is 92.2 cm³/mol. The molecule has 6 nitrogen and oxygen atoms in total. The third-order valence-electron chi connectivity index (χ3n) is 3.99. The second-order valence-corrected chi connectivity index (χ2v) is 5.64. The van der Waals surface area contributed by atoms with E-state index in [0.29, 0.717) is 27.7 Å².